The smallest absolute Gasteiger partial charge is 0.407 e. The number of hydrazine groups is 1. The Labute approximate surface area is 191 Å². The van der Waals surface area contributed by atoms with Crippen molar-refractivity contribution in [1.82, 2.24) is 15.3 Å². The second kappa shape index (κ2) is 10.4. The van der Waals surface area contributed by atoms with Crippen LogP contribution in [0.2, 0.25) is 0 Å². The monoisotopic (exact) mass is 445 g/mol. The van der Waals surface area contributed by atoms with Gasteiger partial charge in [0.1, 0.15) is 5.75 Å². The fourth-order valence-electron chi connectivity index (χ4n) is 4.76. The highest BCUT2D eigenvalue weighted by Crippen LogP contribution is 2.44. The van der Waals surface area contributed by atoms with Crippen LogP contribution in [-0.4, -0.2) is 42.4 Å². The third-order valence-corrected chi connectivity index (χ3v) is 6.43. The summed E-state index contributed by atoms with van der Waals surface area (Å²) < 4.78 is 11.5. The van der Waals surface area contributed by atoms with E-state index in [1.165, 1.54) is 24.3 Å². The number of hydrogen-bond acceptors (Lipinski definition) is 7. The first-order chi connectivity index (χ1) is 15.1. The van der Waals surface area contributed by atoms with Gasteiger partial charge < -0.3 is 25.5 Å². The number of nitrogens with zero attached hydrogens (tertiary/aromatic N) is 2. The van der Waals surface area contributed by atoms with Crippen LogP contribution in [0.4, 0.5) is 4.79 Å². The number of likely N-dealkylation sites (N-methyl/N-ethyl adjacent to an activating group) is 1. The molecule has 0 saturated heterocycles. The highest BCUT2D eigenvalue weighted by molar-refractivity contribution is 5.69. The summed E-state index contributed by atoms with van der Waals surface area (Å²) in [6.07, 6.45) is 7.84. The van der Waals surface area contributed by atoms with Crippen LogP contribution in [0.25, 0.3) is 5.70 Å². The number of nitrogens with one attached hydrogen (secondary N) is 1. The Morgan fingerprint density at radius 2 is 1.94 bits per heavy atom. The summed E-state index contributed by atoms with van der Waals surface area (Å²) in [5.74, 6) is 7.21. The first-order valence-electron chi connectivity index (χ1n) is 11.7. The summed E-state index contributed by atoms with van der Waals surface area (Å²) in [5.41, 5.74) is 9.07. The molecular formula is C24H39N5O3. The lowest BCUT2D eigenvalue weighted by molar-refractivity contribution is 0.0334. The van der Waals surface area contributed by atoms with E-state index in [2.05, 4.69) is 24.1 Å². The lowest BCUT2D eigenvalue weighted by Crippen LogP contribution is -2.39. The molecule has 0 bridgehead atoms. The van der Waals surface area contributed by atoms with Crippen LogP contribution >= 0.6 is 0 Å². The average molecular weight is 446 g/mol. The van der Waals surface area contributed by atoms with Gasteiger partial charge in [0, 0.05) is 7.05 Å². The van der Waals surface area contributed by atoms with Crippen LogP contribution in [0, 0.1) is 18.3 Å². The van der Waals surface area contributed by atoms with Crippen molar-refractivity contribution >= 4 is 11.8 Å². The minimum Gasteiger partial charge on any atom is -0.489 e. The first-order valence-corrected chi connectivity index (χ1v) is 11.7. The second-order valence-corrected chi connectivity index (χ2v) is 10.0. The second-order valence-electron chi connectivity index (χ2n) is 10.0. The molecule has 5 N–H and O–H groups in total. The van der Waals surface area contributed by atoms with E-state index in [1.54, 1.807) is 7.05 Å². The Morgan fingerprint density at radius 3 is 2.53 bits per heavy atom. The van der Waals surface area contributed by atoms with Gasteiger partial charge in [-0.15, -0.1) is 0 Å². The van der Waals surface area contributed by atoms with E-state index in [9.17, 15) is 4.79 Å². The van der Waals surface area contributed by atoms with Gasteiger partial charge in [0.05, 0.1) is 42.0 Å². The summed E-state index contributed by atoms with van der Waals surface area (Å²) >= 11 is 0. The zero-order valence-electron chi connectivity index (χ0n) is 19.9. The fraction of sp³-hybridized carbons (Fsp3) is 0.667. The number of aromatic nitrogens is 1. The molecule has 8 nitrogen and oxygen atoms in total. The van der Waals surface area contributed by atoms with Crippen molar-refractivity contribution in [1.29, 1.82) is 0 Å². The van der Waals surface area contributed by atoms with E-state index >= 15 is 0 Å². The molecule has 1 amide bonds. The molecule has 8 heteroatoms. The van der Waals surface area contributed by atoms with Gasteiger partial charge >= 0.3 is 6.09 Å². The maximum atomic E-state index is 12.1. The van der Waals surface area contributed by atoms with Crippen LogP contribution in [0.5, 0.6) is 5.75 Å². The molecule has 2 aliphatic carbocycles. The Balaban J connectivity index is 1.58. The molecule has 0 radical (unpaired) electrons. The van der Waals surface area contributed by atoms with E-state index in [0.717, 1.165) is 37.1 Å². The molecule has 0 spiro atoms. The molecule has 0 atom stereocenters. The van der Waals surface area contributed by atoms with Crippen molar-refractivity contribution in [3.05, 3.63) is 29.2 Å². The quantitative estimate of drug-likeness (QED) is 0.413. The molecule has 0 unspecified atom stereocenters. The number of alkyl carbamates (subject to hydrolysis) is 1. The summed E-state index contributed by atoms with van der Waals surface area (Å²) in [5, 5.41) is 4.14. The number of ether oxygens (including phenoxy) is 2. The first kappa shape index (κ1) is 24.2. The van der Waals surface area contributed by atoms with Crippen molar-refractivity contribution in [2.75, 3.05) is 20.2 Å². The molecule has 2 fully saturated rings. The van der Waals surface area contributed by atoms with E-state index in [-0.39, 0.29) is 12.6 Å². The third-order valence-electron chi connectivity index (χ3n) is 6.43. The number of hydrogen-bond donors (Lipinski definition) is 3. The summed E-state index contributed by atoms with van der Waals surface area (Å²) in [6, 6.07) is 3.75. The molecule has 0 aliphatic heterocycles. The van der Waals surface area contributed by atoms with Crippen LogP contribution in [0.3, 0.4) is 0 Å². The molecule has 0 aromatic carbocycles. The van der Waals surface area contributed by atoms with Gasteiger partial charge in [0.2, 0.25) is 0 Å². The molecule has 3 rings (SSSR count). The standard InChI is InChI=1S/C24H39N5O3/c1-16-21(32-18-8-6-5-7-9-18)11-10-19(28-16)22(25)20(29(4)26)14-27-23(30)31-15-17-12-24(2,3)13-17/h10-11,17-18H,5-9,12-15,25-26H2,1-4H3,(H,27,30)/b22-20-. The van der Waals surface area contributed by atoms with Gasteiger partial charge in [-0.05, 0) is 68.9 Å². The Hall–Kier alpha value is -2.48. The summed E-state index contributed by atoms with van der Waals surface area (Å²) in [6.45, 7) is 6.95. The van der Waals surface area contributed by atoms with Gasteiger partial charge in [0.25, 0.3) is 0 Å². The number of amides is 1. The topological polar surface area (TPSA) is 116 Å². The Bertz CT molecular complexity index is 823. The highest BCUT2D eigenvalue weighted by atomic mass is 16.5. The van der Waals surface area contributed by atoms with Crippen molar-refractivity contribution in [2.45, 2.75) is 71.8 Å². The van der Waals surface area contributed by atoms with E-state index in [1.807, 2.05) is 19.1 Å². The fourth-order valence-corrected chi connectivity index (χ4v) is 4.76. The predicted octanol–water partition coefficient (Wildman–Crippen LogP) is 3.70. The molecule has 1 aromatic heterocycles. The largest absolute Gasteiger partial charge is 0.489 e. The lowest BCUT2D eigenvalue weighted by Gasteiger charge is -2.42. The van der Waals surface area contributed by atoms with Crippen LogP contribution < -0.4 is 21.6 Å². The van der Waals surface area contributed by atoms with Crippen molar-refractivity contribution in [2.24, 2.45) is 22.9 Å². The molecule has 1 aromatic rings. The van der Waals surface area contributed by atoms with Crippen molar-refractivity contribution in [3.63, 3.8) is 0 Å². The number of nitrogens with two attached hydrogens (primary N) is 2. The average Bonchev–Trinajstić information content (AvgIpc) is 2.72. The summed E-state index contributed by atoms with van der Waals surface area (Å²) in [7, 11) is 1.68. The minimum absolute atomic E-state index is 0.148. The maximum Gasteiger partial charge on any atom is 0.407 e. The van der Waals surface area contributed by atoms with E-state index in [0.29, 0.717) is 35.0 Å². The van der Waals surface area contributed by atoms with Crippen LogP contribution in [0.15, 0.2) is 17.8 Å². The third kappa shape index (κ3) is 6.51. The normalized spacial score (nSPS) is 19.5. The number of aryl methyl sites for hydroxylation is 1. The lowest BCUT2D eigenvalue weighted by atomic mass is 9.65. The van der Waals surface area contributed by atoms with Crippen molar-refractivity contribution in [3.8, 4) is 5.75 Å². The number of pyridine rings is 1. The van der Waals surface area contributed by atoms with Gasteiger partial charge in [-0.3, -0.25) is 0 Å². The molecule has 32 heavy (non-hydrogen) atoms. The predicted molar refractivity (Wildman–Crippen MR) is 125 cm³/mol. The number of carbonyl (C=O) groups excluding carboxylic acids is 1. The molecular weight excluding hydrogens is 406 g/mol. The Kier molecular flexibility index (Phi) is 7.87. The van der Waals surface area contributed by atoms with Gasteiger partial charge in [-0.25, -0.2) is 15.6 Å². The minimum atomic E-state index is -0.470. The molecule has 178 valence electrons. The van der Waals surface area contributed by atoms with Gasteiger partial charge in [0.15, 0.2) is 0 Å². The molecule has 2 aliphatic rings. The van der Waals surface area contributed by atoms with E-state index < -0.39 is 6.09 Å². The SMILES string of the molecule is Cc1nc(/C(N)=C(\CNC(=O)OCC2CC(C)(C)C2)N(C)N)ccc1OC1CCCCC1. The highest BCUT2D eigenvalue weighted by Gasteiger charge is 2.36. The van der Waals surface area contributed by atoms with Crippen LogP contribution in [0.1, 0.15) is 70.2 Å². The summed E-state index contributed by atoms with van der Waals surface area (Å²) in [4.78, 5) is 16.8. The van der Waals surface area contributed by atoms with E-state index in [4.69, 9.17) is 21.1 Å². The zero-order chi connectivity index (χ0) is 23.3. The van der Waals surface area contributed by atoms with Gasteiger partial charge in [-0.1, -0.05) is 20.3 Å². The zero-order valence-corrected chi connectivity index (χ0v) is 19.9. The van der Waals surface area contributed by atoms with Gasteiger partial charge in [-0.2, -0.15) is 0 Å². The van der Waals surface area contributed by atoms with Crippen molar-refractivity contribution < 1.29 is 14.3 Å². The number of carbonyl (C=O) groups is 1. The number of rotatable bonds is 8. The molecule has 1 heterocycles. The maximum absolute atomic E-state index is 12.1. The van der Waals surface area contributed by atoms with Crippen LogP contribution in [-0.2, 0) is 4.74 Å². The molecule has 2 saturated carbocycles. The Morgan fingerprint density at radius 1 is 1.25 bits per heavy atom.